The van der Waals surface area contributed by atoms with Crippen molar-refractivity contribution in [3.8, 4) is 11.5 Å². The van der Waals surface area contributed by atoms with Crippen molar-refractivity contribution in [2.75, 3.05) is 6.54 Å². The van der Waals surface area contributed by atoms with Crippen LogP contribution in [0.15, 0.2) is 18.2 Å². The van der Waals surface area contributed by atoms with Crippen LogP contribution >= 0.6 is 0 Å². The van der Waals surface area contributed by atoms with Crippen LogP contribution in [0, 0.1) is 5.92 Å². The van der Waals surface area contributed by atoms with Gasteiger partial charge in [-0.25, -0.2) is 0 Å². The summed E-state index contributed by atoms with van der Waals surface area (Å²) in [6.07, 6.45) is 2.22. The van der Waals surface area contributed by atoms with Crippen molar-refractivity contribution in [3.05, 3.63) is 23.8 Å². The molecule has 1 amide bonds. The predicted octanol–water partition coefficient (Wildman–Crippen LogP) is 0.565. The van der Waals surface area contributed by atoms with E-state index in [0.717, 1.165) is 12.8 Å². The maximum absolute atomic E-state index is 11.7. The Labute approximate surface area is 99.3 Å². The zero-order valence-electron chi connectivity index (χ0n) is 9.39. The molecule has 0 aromatic heterocycles. The molecule has 0 saturated heterocycles. The van der Waals surface area contributed by atoms with E-state index in [1.807, 2.05) is 0 Å². The minimum Gasteiger partial charge on any atom is -0.507 e. The van der Waals surface area contributed by atoms with E-state index in [1.165, 1.54) is 18.2 Å². The molecule has 1 aliphatic rings. The van der Waals surface area contributed by atoms with Crippen molar-refractivity contribution in [2.45, 2.75) is 18.9 Å². The molecule has 0 radical (unpaired) electrons. The van der Waals surface area contributed by atoms with Gasteiger partial charge < -0.3 is 21.3 Å². The number of hydrogen-bond acceptors (Lipinski definition) is 4. The van der Waals surface area contributed by atoms with Crippen LogP contribution in [0.1, 0.15) is 23.2 Å². The number of rotatable bonds is 4. The fraction of sp³-hybridized carbons (Fsp3) is 0.417. The Morgan fingerprint density at radius 1 is 1.41 bits per heavy atom. The van der Waals surface area contributed by atoms with Crippen LogP contribution in [0.25, 0.3) is 0 Å². The molecule has 0 aliphatic heterocycles. The van der Waals surface area contributed by atoms with Crippen LogP contribution in [0.5, 0.6) is 11.5 Å². The number of amides is 1. The molecule has 1 aromatic rings. The molecule has 2 rings (SSSR count). The highest BCUT2D eigenvalue weighted by molar-refractivity contribution is 5.99. The van der Waals surface area contributed by atoms with Crippen LogP contribution in [0.4, 0.5) is 0 Å². The van der Waals surface area contributed by atoms with Gasteiger partial charge in [-0.05, 0) is 30.9 Å². The Balaban J connectivity index is 1.99. The lowest BCUT2D eigenvalue weighted by Crippen LogP contribution is -2.38. The van der Waals surface area contributed by atoms with Gasteiger partial charge in [0, 0.05) is 12.6 Å². The maximum atomic E-state index is 11.7. The normalized spacial score (nSPS) is 16.5. The van der Waals surface area contributed by atoms with E-state index in [4.69, 9.17) is 5.73 Å². The minimum atomic E-state index is -0.503. The molecule has 0 bridgehead atoms. The third kappa shape index (κ3) is 2.68. The Kier molecular flexibility index (Phi) is 3.19. The second-order valence-corrected chi connectivity index (χ2v) is 4.38. The van der Waals surface area contributed by atoms with Crippen LogP contribution < -0.4 is 11.1 Å². The van der Waals surface area contributed by atoms with E-state index in [2.05, 4.69) is 5.32 Å². The maximum Gasteiger partial charge on any atom is 0.258 e. The molecule has 1 saturated carbocycles. The van der Waals surface area contributed by atoms with Crippen molar-refractivity contribution in [2.24, 2.45) is 11.7 Å². The molecule has 5 heteroatoms. The number of nitrogens with two attached hydrogens (primary N) is 1. The second kappa shape index (κ2) is 4.63. The van der Waals surface area contributed by atoms with Gasteiger partial charge >= 0.3 is 0 Å². The highest BCUT2D eigenvalue weighted by atomic mass is 16.3. The SMILES string of the molecule is NC(CNC(=O)c1c(O)cccc1O)C1CC1. The smallest absolute Gasteiger partial charge is 0.258 e. The van der Waals surface area contributed by atoms with Crippen molar-refractivity contribution in [1.29, 1.82) is 0 Å². The molecule has 0 spiro atoms. The number of nitrogens with one attached hydrogen (secondary N) is 1. The summed E-state index contributed by atoms with van der Waals surface area (Å²) in [7, 11) is 0. The Bertz CT molecular complexity index is 410. The summed E-state index contributed by atoms with van der Waals surface area (Å²) in [5.74, 6) is -0.477. The molecule has 5 N–H and O–H groups in total. The summed E-state index contributed by atoms with van der Waals surface area (Å²) in [6.45, 7) is 0.358. The Hall–Kier alpha value is -1.75. The minimum absolute atomic E-state index is 0.0491. The van der Waals surface area contributed by atoms with Gasteiger partial charge in [0.15, 0.2) is 0 Å². The second-order valence-electron chi connectivity index (χ2n) is 4.38. The highest BCUT2D eigenvalue weighted by Crippen LogP contribution is 2.31. The monoisotopic (exact) mass is 236 g/mol. The topological polar surface area (TPSA) is 95.6 Å². The van der Waals surface area contributed by atoms with Gasteiger partial charge in [0.1, 0.15) is 17.1 Å². The average molecular weight is 236 g/mol. The molecule has 1 aliphatic carbocycles. The van der Waals surface area contributed by atoms with Gasteiger partial charge in [-0.1, -0.05) is 6.07 Å². The lowest BCUT2D eigenvalue weighted by atomic mass is 10.1. The summed E-state index contributed by atoms with van der Waals surface area (Å²) < 4.78 is 0. The van der Waals surface area contributed by atoms with Gasteiger partial charge in [0.25, 0.3) is 5.91 Å². The summed E-state index contributed by atoms with van der Waals surface area (Å²) in [5.41, 5.74) is 5.74. The van der Waals surface area contributed by atoms with Crippen molar-refractivity contribution >= 4 is 5.91 Å². The molecule has 1 fully saturated rings. The first-order chi connectivity index (χ1) is 8.09. The van der Waals surface area contributed by atoms with Crippen LogP contribution in [-0.4, -0.2) is 28.7 Å². The molecule has 1 unspecified atom stereocenters. The summed E-state index contributed by atoms with van der Waals surface area (Å²) in [4.78, 5) is 11.7. The van der Waals surface area contributed by atoms with E-state index in [-0.39, 0.29) is 23.1 Å². The molecule has 0 heterocycles. The van der Waals surface area contributed by atoms with E-state index in [1.54, 1.807) is 0 Å². The molecular weight excluding hydrogens is 220 g/mol. The first kappa shape index (κ1) is 11.7. The van der Waals surface area contributed by atoms with Crippen molar-refractivity contribution in [3.63, 3.8) is 0 Å². The van der Waals surface area contributed by atoms with Gasteiger partial charge in [0.2, 0.25) is 0 Å². The van der Waals surface area contributed by atoms with Gasteiger partial charge in [0.05, 0.1) is 0 Å². The lowest BCUT2D eigenvalue weighted by molar-refractivity contribution is 0.0945. The first-order valence-electron chi connectivity index (χ1n) is 5.64. The Morgan fingerprint density at radius 3 is 2.53 bits per heavy atom. The van der Waals surface area contributed by atoms with E-state index >= 15 is 0 Å². The average Bonchev–Trinajstić information content (AvgIpc) is 3.09. The summed E-state index contributed by atoms with van der Waals surface area (Å²) in [5, 5.41) is 21.6. The number of aromatic hydroxyl groups is 2. The van der Waals surface area contributed by atoms with Crippen LogP contribution in [0.2, 0.25) is 0 Å². The molecule has 1 atom stereocenters. The summed E-state index contributed by atoms with van der Waals surface area (Å²) >= 11 is 0. The number of carbonyl (C=O) groups excluding carboxylic acids is 1. The van der Waals surface area contributed by atoms with Crippen LogP contribution in [0.3, 0.4) is 0 Å². The van der Waals surface area contributed by atoms with E-state index in [9.17, 15) is 15.0 Å². The third-order valence-electron chi connectivity index (χ3n) is 2.97. The quantitative estimate of drug-likeness (QED) is 0.614. The number of hydrogen-bond donors (Lipinski definition) is 4. The van der Waals surface area contributed by atoms with Crippen LogP contribution in [-0.2, 0) is 0 Å². The van der Waals surface area contributed by atoms with Crippen molar-refractivity contribution < 1.29 is 15.0 Å². The van der Waals surface area contributed by atoms with E-state index < -0.39 is 5.91 Å². The first-order valence-corrected chi connectivity index (χ1v) is 5.64. The fourth-order valence-electron chi connectivity index (χ4n) is 1.75. The molecular formula is C12H16N2O3. The predicted molar refractivity (Wildman–Crippen MR) is 62.8 cm³/mol. The highest BCUT2D eigenvalue weighted by Gasteiger charge is 2.28. The third-order valence-corrected chi connectivity index (χ3v) is 2.97. The largest absolute Gasteiger partial charge is 0.507 e. The van der Waals surface area contributed by atoms with Gasteiger partial charge in [-0.15, -0.1) is 0 Å². The van der Waals surface area contributed by atoms with Crippen molar-refractivity contribution in [1.82, 2.24) is 5.32 Å². The lowest BCUT2D eigenvalue weighted by Gasteiger charge is -2.12. The molecule has 1 aromatic carbocycles. The number of benzene rings is 1. The number of carbonyl (C=O) groups is 1. The Morgan fingerprint density at radius 2 is 2.00 bits per heavy atom. The van der Waals surface area contributed by atoms with Gasteiger partial charge in [-0.2, -0.15) is 0 Å². The number of phenols is 2. The number of phenolic OH excluding ortho intramolecular Hbond substituents is 2. The fourth-order valence-corrected chi connectivity index (χ4v) is 1.75. The van der Waals surface area contributed by atoms with Gasteiger partial charge in [-0.3, -0.25) is 4.79 Å². The molecule has 5 nitrogen and oxygen atoms in total. The zero-order chi connectivity index (χ0) is 12.4. The molecule has 17 heavy (non-hydrogen) atoms. The molecule has 92 valence electrons. The van der Waals surface area contributed by atoms with E-state index in [0.29, 0.717) is 12.5 Å². The summed E-state index contributed by atoms with van der Waals surface area (Å²) in [6, 6.07) is 4.13. The standard InChI is InChI=1S/C12H16N2O3/c13-8(7-4-5-7)6-14-12(17)11-9(15)2-1-3-10(11)16/h1-3,7-8,15-16H,4-6,13H2,(H,14,17). The zero-order valence-corrected chi connectivity index (χ0v) is 9.39.